The van der Waals surface area contributed by atoms with E-state index in [0.29, 0.717) is 0 Å². The first-order chi connectivity index (χ1) is 5.75. The van der Waals surface area contributed by atoms with Gasteiger partial charge in [0.25, 0.3) is 0 Å². The number of nitrogens with zero attached hydrogens (tertiary/aromatic N) is 1. The molecule has 1 fully saturated rings. The molecular weight excluding hydrogens is 154 g/mol. The standard InChI is InChI=1S/C9H15NO2/c1-8(7-11)9(12)10-5-3-2-4-6-10/h7-8H,2-6H2,1H3. The molecule has 0 bridgehead atoms. The highest BCUT2D eigenvalue weighted by Gasteiger charge is 2.20. The first kappa shape index (κ1) is 9.23. The zero-order valence-corrected chi connectivity index (χ0v) is 7.45. The molecule has 0 aromatic heterocycles. The van der Waals surface area contributed by atoms with Crippen LogP contribution in [0, 0.1) is 5.92 Å². The number of piperidine rings is 1. The normalized spacial score (nSPS) is 20.2. The molecular formula is C9H15NO2. The Kier molecular flexibility index (Phi) is 3.26. The molecule has 0 aliphatic carbocycles. The average Bonchev–Trinajstić information content (AvgIpc) is 2.17. The van der Waals surface area contributed by atoms with Gasteiger partial charge in [-0.1, -0.05) is 0 Å². The van der Waals surface area contributed by atoms with Crippen molar-refractivity contribution in [2.24, 2.45) is 5.92 Å². The van der Waals surface area contributed by atoms with Crippen molar-refractivity contribution in [2.45, 2.75) is 26.2 Å². The van der Waals surface area contributed by atoms with Gasteiger partial charge in [-0.05, 0) is 26.2 Å². The van der Waals surface area contributed by atoms with Gasteiger partial charge in [-0.15, -0.1) is 0 Å². The summed E-state index contributed by atoms with van der Waals surface area (Å²) >= 11 is 0. The van der Waals surface area contributed by atoms with Crippen molar-refractivity contribution in [1.82, 2.24) is 4.90 Å². The number of amides is 1. The predicted octanol–water partition coefficient (Wildman–Crippen LogP) is 0.834. The maximum atomic E-state index is 11.4. The molecule has 0 aromatic rings. The predicted molar refractivity (Wildman–Crippen MR) is 45.7 cm³/mol. The Morgan fingerprint density at radius 1 is 1.33 bits per heavy atom. The summed E-state index contributed by atoms with van der Waals surface area (Å²) in [6, 6.07) is 0. The van der Waals surface area contributed by atoms with E-state index in [1.54, 1.807) is 11.8 Å². The molecule has 0 aromatic carbocycles. The first-order valence-corrected chi connectivity index (χ1v) is 4.50. The van der Waals surface area contributed by atoms with Gasteiger partial charge < -0.3 is 9.69 Å². The fourth-order valence-electron chi connectivity index (χ4n) is 1.46. The minimum atomic E-state index is -0.455. The molecule has 1 atom stereocenters. The Morgan fingerprint density at radius 3 is 2.42 bits per heavy atom. The summed E-state index contributed by atoms with van der Waals surface area (Å²) < 4.78 is 0. The lowest BCUT2D eigenvalue weighted by Crippen LogP contribution is -2.39. The summed E-state index contributed by atoms with van der Waals surface area (Å²) in [5.74, 6) is -0.465. The van der Waals surface area contributed by atoms with E-state index >= 15 is 0 Å². The Labute approximate surface area is 72.7 Å². The van der Waals surface area contributed by atoms with E-state index < -0.39 is 5.92 Å². The van der Waals surface area contributed by atoms with Crippen LogP contribution in [0.1, 0.15) is 26.2 Å². The lowest BCUT2D eigenvalue weighted by atomic mass is 10.1. The van der Waals surface area contributed by atoms with E-state index in [9.17, 15) is 9.59 Å². The monoisotopic (exact) mass is 169 g/mol. The molecule has 0 radical (unpaired) electrons. The molecule has 1 saturated heterocycles. The van der Waals surface area contributed by atoms with Crippen LogP contribution in [0.3, 0.4) is 0 Å². The molecule has 3 nitrogen and oxygen atoms in total. The third kappa shape index (κ3) is 2.06. The van der Waals surface area contributed by atoms with Crippen molar-refractivity contribution in [2.75, 3.05) is 13.1 Å². The topological polar surface area (TPSA) is 37.4 Å². The van der Waals surface area contributed by atoms with Gasteiger partial charge in [-0.2, -0.15) is 0 Å². The van der Waals surface area contributed by atoms with E-state index in [1.165, 1.54) is 6.42 Å². The van der Waals surface area contributed by atoms with Crippen molar-refractivity contribution in [3.8, 4) is 0 Å². The molecule has 1 unspecified atom stereocenters. The highest BCUT2D eigenvalue weighted by molar-refractivity contribution is 5.91. The lowest BCUT2D eigenvalue weighted by molar-refractivity contribution is -0.138. The molecule has 1 amide bonds. The van der Waals surface area contributed by atoms with Crippen molar-refractivity contribution in [3.05, 3.63) is 0 Å². The molecule has 0 spiro atoms. The maximum absolute atomic E-state index is 11.4. The lowest BCUT2D eigenvalue weighted by Gasteiger charge is -2.27. The van der Waals surface area contributed by atoms with Gasteiger partial charge in [-0.25, -0.2) is 0 Å². The second kappa shape index (κ2) is 4.24. The zero-order chi connectivity index (χ0) is 8.97. The fourth-order valence-corrected chi connectivity index (χ4v) is 1.46. The van der Waals surface area contributed by atoms with Crippen LogP contribution in [0.5, 0.6) is 0 Å². The number of likely N-dealkylation sites (tertiary alicyclic amines) is 1. The highest BCUT2D eigenvalue weighted by Crippen LogP contribution is 2.11. The van der Waals surface area contributed by atoms with Gasteiger partial charge in [0.1, 0.15) is 6.29 Å². The number of carbonyl (C=O) groups excluding carboxylic acids is 2. The van der Waals surface area contributed by atoms with Crippen LogP contribution in [0.25, 0.3) is 0 Å². The highest BCUT2D eigenvalue weighted by atomic mass is 16.2. The number of hydrogen-bond acceptors (Lipinski definition) is 2. The van der Waals surface area contributed by atoms with E-state index in [0.717, 1.165) is 32.2 Å². The summed E-state index contributed by atoms with van der Waals surface area (Å²) in [4.78, 5) is 23.6. The van der Waals surface area contributed by atoms with Crippen molar-refractivity contribution in [3.63, 3.8) is 0 Å². The van der Waals surface area contributed by atoms with E-state index in [4.69, 9.17) is 0 Å². The average molecular weight is 169 g/mol. The van der Waals surface area contributed by atoms with E-state index in [2.05, 4.69) is 0 Å². The molecule has 12 heavy (non-hydrogen) atoms. The molecule has 68 valence electrons. The minimum absolute atomic E-state index is 0.00954. The molecule has 1 rings (SSSR count). The Hall–Kier alpha value is -0.860. The Balaban J connectivity index is 2.44. The maximum Gasteiger partial charge on any atom is 0.232 e. The second-order valence-corrected chi connectivity index (χ2v) is 3.31. The van der Waals surface area contributed by atoms with E-state index in [1.807, 2.05) is 0 Å². The molecule has 3 heteroatoms. The number of hydrogen-bond donors (Lipinski definition) is 0. The van der Waals surface area contributed by atoms with Crippen LogP contribution in [0.4, 0.5) is 0 Å². The molecule has 0 N–H and O–H groups in total. The number of rotatable bonds is 2. The Morgan fingerprint density at radius 2 is 1.92 bits per heavy atom. The fraction of sp³-hybridized carbons (Fsp3) is 0.778. The van der Waals surface area contributed by atoms with Crippen molar-refractivity contribution in [1.29, 1.82) is 0 Å². The van der Waals surface area contributed by atoms with Crippen molar-refractivity contribution < 1.29 is 9.59 Å². The summed E-state index contributed by atoms with van der Waals surface area (Å²) in [7, 11) is 0. The third-order valence-corrected chi connectivity index (χ3v) is 2.26. The SMILES string of the molecule is CC(C=O)C(=O)N1CCCCC1. The summed E-state index contributed by atoms with van der Waals surface area (Å²) in [6.45, 7) is 3.32. The van der Waals surface area contributed by atoms with Crippen molar-refractivity contribution >= 4 is 12.2 Å². The van der Waals surface area contributed by atoms with Gasteiger partial charge in [0.05, 0.1) is 5.92 Å². The number of aldehydes is 1. The van der Waals surface area contributed by atoms with Gasteiger partial charge in [-0.3, -0.25) is 4.79 Å². The molecule has 1 heterocycles. The van der Waals surface area contributed by atoms with Crippen LogP contribution in [-0.4, -0.2) is 30.2 Å². The largest absolute Gasteiger partial charge is 0.342 e. The van der Waals surface area contributed by atoms with E-state index in [-0.39, 0.29) is 5.91 Å². The third-order valence-electron chi connectivity index (χ3n) is 2.26. The van der Waals surface area contributed by atoms with Crippen LogP contribution in [0.2, 0.25) is 0 Å². The zero-order valence-electron chi connectivity index (χ0n) is 7.45. The number of carbonyl (C=O) groups is 2. The smallest absolute Gasteiger partial charge is 0.232 e. The molecule has 1 aliphatic rings. The van der Waals surface area contributed by atoms with Crippen LogP contribution in [0.15, 0.2) is 0 Å². The van der Waals surface area contributed by atoms with Gasteiger partial charge >= 0.3 is 0 Å². The Bertz CT molecular complexity index is 173. The second-order valence-electron chi connectivity index (χ2n) is 3.31. The molecule has 0 saturated carbocycles. The van der Waals surface area contributed by atoms with Gasteiger partial charge in [0, 0.05) is 13.1 Å². The quantitative estimate of drug-likeness (QED) is 0.453. The summed E-state index contributed by atoms with van der Waals surface area (Å²) in [6.07, 6.45) is 4.09. The minimum Gasteiger partial charge on any atom is -0.342 e. The summed E-state index contributed by atoms with van der Waals surface area (Å²) in [5.41, 5.74) is 0. The van der Waals surface area contributed by atoms with Crippen LogP contribution >= 0.6 is 0 Å². The first-order valence-electron chi connectivity index (χ1n) is 4.50. The van der Waals surface area contributed by atoms with Gasteiger partial charge in [0.15, 0.2) is 0 Å². The molecule has 1 aliphatic heterocycles. The van der Waals surface area contributed by atoms with Crippen LogP contribution < -0.4 is 0 Å². The summed E-state index contributed by atoms with van der Waals surface area (Å²) in [5, 5.41) is 0. The van der Waals surface area contributed by atoms with Gasteiger partial charge in [0.2, 0.25) is 5.91 Å². The van der Waals surface area contributed by atoms with Crippen LogP contribution in [-0.2, 0) is 9.59 Å².